The monoisotopic (exact) mass is 480 g/mol. The van der Waals surface area contributed by atoms with E-state index in [2.05, 4.69) is 10.6 Å². The number of rotatable bonds is 10. The molecule has 0 saturated carbocycles. The van der Waals surface area contributed by atoms with Gasteiger partial charge in [0.1, 0.15) is 18.1 Å². The Kier molecular flexibility index (Phi) is 8.70. The van der Waals surface area contributed by atoms with Crippen LogP contribution in [-0.2, 0) is 4.79 Å². The van der Waals surface area contributed by atoms with Gasteiger partial charge in [-0.2, -0.15) is 0 Å². The maximum Gasteiger partial charge on any atom is 0.268 e. The molecule has 1 aromatic heterocycles. The van der Waals surface area contributed by atoms with Crippen LogP contribution in [0.25, 0.3) is 6.08 Å². The molecule has 0 radical (unpaired) electrons. The van der Waals surface area contributed by atoms with E-state index in [-0.39, 0.29) is 18.3 Å². The molecular formula is C26H28N2O5S. The summed E-state index contributed by atoms with van der Waals surface area (Å²) in [6.07, 6.45) is 1.65. The minimum Gasteiger partial charge on any atom is -0.493 e. The van der Waals surface area contributed by atoms with Gasteiger partial charge in [0.05, 0.1) is 20.3 Å². The summed E-state index contributed by atoms with van der Waals surface area (Å²) in [5.74, 6) is 0.798. The van der Waals surface area contributed by atoms with Gasteiger partial charge in [0.25, 0.3) is 11.8 Å². The quantitative estimate of drug-likeness (QED) is 0.420. The molecule has 0 saturated heterocycles. The van der Waals surface area contributed by atoms with Crippen molar-refractivity contribution in [2.75, 3.05) is 20.8 Å². The summed E-state index contributed by atoms with van der Waals surface area (Å²) in [5, 5.41) is 7.51. The van der Waals surface area contributed by atoms with Gasteiger partial charge in [-0.1, -0.05) is 23.8 Å². The van der Waals surface area contributed by atoms with Crippen LogP contribution in [0, 0.1) is 6.92 Å². The fourth-order valence-corrected chi connectivity index (χ4v) is 3.70. The average Bonchev–Trinajstić information content (AvgIpc) is 3.36. The number of carbonyl (C=O) groups is 2. The van der Waals surface area contributed by atoms with Gasteiger partial charge in [0.15, 0.2) is 11.5 Å². The van der Waals surface area contributed by atoms with E-state index in [0.29, 0.717) is 17.1 Å². The van der Waals surface area contributed by atoms with Gasteiger partial charge in [-0.3, -0.25) is 9.59 Å². The second-order valence-electron chi connectivity index (χ2n) is 7.60. The van der Waals surface area contributed by atoms with E-state index in [4.69, 9.17) is 14.2 Å². The molecule has 8 heteroatoms. The second-order valence-corrected chi connectivity index (χ2v) is 8.58. The number of ether oxygens (including phenoxy) is 3. The third-order valence-corrected chi connectivity index (χ3v) is 5.69. The number of aryl methyl sites for hydroxylation is 1. The summed E-state index contributed by atoms with van der Waals surface area (Å²) >= 11 is 1.46. The third-order valence-electron chi connectivity index (χ3n) is 4.87. The molecule has 1 heterocycles. The summed E-state index contributed by atoms with van der Waals surface area (Å²) in [6, 6.07) is 15.9. The lowest BCUT2D eigenvalue weighted by Gasteiger charge is -2.17. The Bertz CT molecular complexity index is 1140. The molecule has 34 heavy (non-hydrogen) atoms. The van der Waals surface area contributed by atoms with Gasteiger partial charge in [-0.05, 0) is 61.7 Å². The summed E-state index contributed by atoms with van der Waals surface area (Å²) in [4.78, 5) is 26.8. The highest BCUT2D eigenvalue weighted by atomic mass is 32.1. The molecule has 178 valence electrons. The SMILES string of the molecule is COc1ccc(C(=O)N/C(=C\c2cccs2)C(=O)NC(C)COc2ccc(C)cc2)cc1OC. The van der Waals surface area contributed by atoms with Crippen molar-refractivity contribution >= 4 is 29.2 Å². The van der Waals surface area contributed by atoms with Gasteiger partial charge >= 0.3 is 0 Å². The minimum absolute atomic E-state index is 0.129. The minimum atomic E-state index is -0.442. The van der Waals surface area contributed by atoms with Crippen LogP contribution in [0.3, 0.4) is 0 Å². The number of hydrogen-bond donors (Lipinski definition) is 2. The molecular weight excluding hydrogens is 452 g/mol. The van der Waals surface area contributed by atoms with Crippen molar-refractivity contribution in [3.05, 3.63) is 81.7 Å². The summed E-state index contributed by atoms with van der Waals surface area (Å²) in [5.41, 5.74) is 1.60. The zero-order chi connectivity index (χ0) is 24.5. The smallest absolute Gasteiger partial charge is 0.268 e. The van der Waals surface area contributed by atoms with E-state index in [9.17, 15) is 9.59 Å². The Morgan fingerprint density at radius 1 is 1.03 bits per heavy atom. The number of carbonyl (C=O) groups excluding carboxylic acids is 2. The first kappa shape index (κ1) is 24.9. The van der Waals surface area contributed by atoms with Gasteiger partial charge in [-0.25, -0.2) is 0 Å². The van der Waals surface area contributed by atoms with Crippen LogP contribution in [0.5, 0.6) is 17.2 Å². The summed E-state index contributed by atoms with van der Waals surface area (Å²) < 4.78 is 16.3. The van der Waals surface area contributed by atoms with E-state index in [1.54, 1.807) is 24.3 Å². The Morgan fingerprint density at radius 2 is 1.76 bits per heavy atom. The van der Waals surface area contributed by atoms with Crippen molar-refractivity contribution in [2.45, 2.75) is 19.9 Å². The number of hydrogen-bond acceptors (Lipinski definition) is 6. The average molecular weight is 481 g/mol. The normalized spacial score (nSPS) is 11.9. The highest BCUT2D eigenvalue weighted by molar-refractivity contribution is 7.10. The molecule has 2 N–H and O–H groups in total. The van der Waals surface area contributed by atoms with E-state index in [0.717, 1.165) is 16.2 Å². The first-order valence-corrected chi connectivity index (χ1v) is 11.6. The fourth-order valence-electron chi connectivity index (χ4n) is 3.04. The van der Waals surface area contributed by atoms with E-state index < -0.39 is 11.8 Å². The van der Waals surface area contributed by atoms with Crippen molar-refractivity contribution in [2.24, 2.45) is 0 Å². The van der Waals surface area contributed by atoms with Crippen molar-refractivity contribution < 1.29 is 23.8 Å². The molecule has 0 aliphatic rings. The predicted octanol–water partition coefficient (Wildman–Crippen LogP) is 4.43. The molecule has 3 aromatic rings. The topological polar surface area (TPSA) is 85.9 Å². The number of thiophene rings is 1. The van der Waals surface area contributed by atoms with Gasteiger partial charge in [0, 0.05) is 10.4 Å². The molecule has 0 bridgehead atoms. The van der Waals surface area contributed by atoms with Crippen molar-refractivity contribution in [3.8, 4) is 17.2 Å². The molecule has 0 aliphatic carbocycles. The molecule has 0 aliphatic heterocycles. The van der Waals surface area contributed by atoms with E-state index in [1.165, 1.54) is 25.6 Å². The predicted molar refractivity (Wildman–Crippen MR) is 134 cm³/mol. The standard InChI is InChI=1S/C26H28N2O5S/c1-17-7-10-20(11-8-17)33-16-18(2)27-26(30)22(15-21-6-5-13-34-21)28-25(29)19-9-12-23(31-3)24(14-19)32-4/h5-15,18H,16H2,1-4H3,(H,27,30)(H,28,29)/b22-15-. The van der Waals surface area contributed by atoms with Crippen LogP contribution < -0.4 is 24.8 Å². The van der Waals surface area contributed by atoms with Crippen LogP contribution in [0.2, 0.25) is 0 Å². The Labute approximate surface area is 203 Å². The molecule has 1 atom stereocenters. The number of nitrogens with one attached hydrogen (secondary N) is 2. The molecule has 0 fully saturated rings. The molecule has 3 rings (SSSR count). The van der Waals surface area contributed by atoms with Gasteiger partial charge in [-0.15, -0.1) is 11.3 Å². The highest BCUT2D eigenvalue weighted by Gasteiger charge is 2.18. The maximum atomic E-state index is 13.0. The molecule has 7 nitrogen and oxygen atoms in total. The van der Waals surface area contributed by atoms with Crippen molar-refractivity contribution in [1.82, 2.24) is 10.6 Å². The maximum absolute atomic E-state index is 13.0. The summed E-state index contributed by atoms with van der Waals surface area (Å²) in [6.45, 7) is 4.13. The van der Waals surface area contributed by atoms with Crippen LogP contribution in [0.4, 0.5) is 0 Å². The second kappa shape index (κ2) is 11.9. The van der Waals surface area contributed by atoms with Crippen LogP contribution >= 0.6 is 11.3 Å². The highest BCUT2D eigenvalue weighted by Crippen LogP contribution is 2.27. The largest absolute Gasteiger partial charge is 0.493 e. The first-order chi connectivity index (χ1) is 16.4. The van der Waals surface area contributed by atoms with Gasteiger partial charge in [0.2, 0.25) is 0 Å². The Morgan fingerprint density at radius 3 is 2.41 bits per heavy atom. The lowest BCUT2D eigenvalue weighted by Crippen LogP contribution is -2.41. The molecule has 2 amide bonds. The van der Waals surface area contributed by atoms with Crippen LogP contribution in [0.1, 0.15) is 27.7 Å². The van der Waals surface area contributed by atoms with E-state index in [1.807, 2.05) is 55.6 Å². The molecule has 1 unspecified atom stereocenters. The number of benzene rings is 2. The lowest BCUT2D eigenvalue weighted by molar-refractivity contribution is -0.118. The summed E-state index contributed by atoms with van der Waals surface area (Å²) in [7, 11) is 3.02. The first-order valence-electron chi connectivity index (χ1n) is 10.7. The Balaban J connectivity index is 1.71. The number of methoxy groups -OCH3 is 2. The fraction of sp³-hybridized carbons (Fsp3) is 0.231. The van der Waals surface area contributed by atoms with Crippen molar-refractivity contribution in [1.29, 1.82) is 0 Å². The molecule has 2 aromatic carbocycles. The van der Waals surface area contributed by atoms with Crippen LogP contribution in [0.15, 0.2) is 65.7 Å². The zero-order valence-corrected chi connectivity index (χ0v) is 20.4. The number of amides is 2. The van der Waals surface area contributed by atoms with E-state index >= 15 is 0 Å². The molecule has 0 spiro atoms. The third kappa shape index (κ3) is 6.86. The van der Waals surface area contributed by atoms with Gasteiger partial charge < -0.3 is 24.8 Å². The van der Waals surface area contributed by atoms with Crippen LogP contribution in [-0.4, -0.2) is 38.7 Å². The Hall–Kier alpha value is -3.78. The van der Waals surface area contributed by atoms with Crippen molar-refractivity contribution in [3.63, 3.8) is 0 Å². The lowest BCUT2D eigenvalue weighted by atomic mass is 10.1. The zero-order valence-electron chi connectivity index (χ0n) is 19.6.